The summed E-state index contributed by atoms with van der Waals surface area (Å²) in [6.45, 7) is 0. The zero-order valence-electron chi connectivity index (χ0n) is 1.21. The van der Waals surface area contributed by atoms with Crippen LogP contribution >= 0.6 is 0 Å². The van der Waals surface area contributed by atoms with Crippen molar-refractivity contribution < 1.29 is 41.2 Å². The molecule has 0 aromatic heterocycles. The molecule has 0 N–H and O–H groups in total. The molecule has 0 bridgehead atoms. The van der Waals surface area contributed by atoms with Crippen LogP contribution in [0.1, 0.15) is 0 Å². The van der Waals surface area contributed by atoms with E-state index in [4.69, 9.17) is 0 Å². The molecule has 5 heteroatoms. The molecular formula is H7AlMgSrTiZn. The summed E-state index contributed by atoms with van der Waals surface area (Å²) in [7, 11) is 0. The average molecular weight is 259 g/mol. The minimum Gasteiger partial charge on any atom is 0 e. The van der Waals surface area contributed by atoms with Crippen molar-refractivity contribution in [3.63, 3.8) is 0 Å². The van der Waals surface area contributed by atoms with Gasteiger partial charge >= 0.3 is 68.5 Å². The molecule has 0 fully saturated rings. The van der Waals surface area contributed by atoms with Crippen LogP contribution in [0.2, 0.25) is 0 Å². The maximum atomic E-state index is 0. The Morgan fingerprint density at radius 2 is 1.00 bits per heavy atom. The van der Waals surface area contributed by atoms with Gasteiger partial charge in [-0.2, -0.15) is 0 Å². The molecule has 0 spiro atoms. The van der Waals surface area contributed by atoms with Crippen LogP contribution in [0.3, 0.4) is 0 Å². The Bertz CT molecular complexity index is 11.6. The Kier molecular flexibility index (Phi) is 172. The van der Waals surface area contributed by atoms with Gasteiger partial charge in [-0.1, -0.05) is 0 Å². The fourth-order valence-electron chi connectivity index (χ4n) is 0. The van der Waals surface area contributed by atoms with Gasteiger partial charge in [-0.3, -0.25) is 0 Å². The molecule has 5 heavy (non-hydrogen) atoms. The smallest absolute Gasteiger partial charge is 0 e. The van der Waals surface area contributed by atoms with Gasteiger partial charge in [0.2, 0.25) is 0 Å². The van der Waals surface area contributed by atoms with Crippen molar-refractivity contribution >= 4 is 85.9 Å². The molecule has 0 aliphatic rings. The topological polar surface area (TPSA) is 0 Å². The fraction of sp³-hybridized carbons (Fsp3) is 0. The van der Waals surface area contributed by atoms with Gasteiger partial charge in [0.15, 0.2) is 17.4 Å². The first-order valence-corrected chi connectivity index (χ1v) is 0. The molecule has 0 nitrogen and oxygen atoms in total. The molecule has 0 rings (SSSR count). The van der Waals surface area contributed by atoms with E-state index in [0.717, 1.165) is 0 Å². The predicted molar refractivity (Wildman–Crippen MR) is 27.0 cm³/mol. The van der Waals surface area contributed by atoms with E-state index in [9.17, 15) is 0 Å². The summed E-state index contributed by atoms with van der Waals surface area (Å²) in [6, 6.07) is 0. The van der Waals surface area contributed by atoms with E-state index < -0.39 is 0 Å². The van der Waals surface area contributed by atoms with Crippen LogP contribution < -0.4 is 0 Å². The van der Waals surface area contributed by atoms with Crippen molar-refractivity contribution in [2.45, 2.75) is 0 Å². The largest absolute Gasteiger partial charge is 0 e. The molecule has 0 aliphatic heterocycles. The summed E-state index contributed by atoms with van der Waals surface area (Å²) in [6.07, 6.45) is 0. The second kappa shape index (κ2) is 24.3. The molecule has 0 saturated carbocycles. The average Bonchev–Trinajstić information content (AvgIpc) is 0. The van der Waals surface area contributed by atoms with Gasteiger partial charge in [0.05, 0.1) is 0 Å². The van der Waals surface area contributed by atoms with Crippen molar-refractivity contribution in [2.24, 2.45) is 0 Å². The summed E-state index contributed by atoms with van der Waals surface area (Å²) in [4.78, 5) is 0. The molecule has 20 valence electrons. The standard InChI is InChI=1S/Al.Mg.Sr.Ti.Zn.7H. The third kappa shape index (κ3) is 17.9. The molecule has 0 saturated heterocycles. The van der Waals surface area contributed by atoms with E-state index in [-0.39, 0.29) is 127 Å². The Morgan fingerprint density at radius 3 is 1.00 bits per heavy atom. The molecule has 0 unspecified atom stereocenters. The van der Waals surface area contributed by atoms with Crippen molar-refractivity contribution in [3.05, 3.63) is 0 Å². The summed E-state index contributed by atoms with van der Waals surface area (Å²) in [5, 5.41) is 0. The zero-order valence-corrected chi connectivity index (χ0v) is 5.74. The van der Waals surface area contributed by atoms with Gasteiger partial charge in [-0.15, -0.1) is 0 Å². The quantitative estimate of drug-likeness (QED) is 0.406. The number of hydrogen-bond donors (Lipinski definition) is 0. The monoisotopic (exact) mass is 258 g/mol. The van der Waals surface area contributed by atoms with E-state index in [1.165, 1.54) is 0 Å². The fourth-order valence-corrected chi connectivity index (χ4v) is 0. The normalized spacial score (nSPS) is 0. The maximum absolute atomic E-state index is 0. The summed E-state index contributed by atoms with van der Waals surface area (Å²) in [5.41, 5.74) is 0. The first kappa shape index (κ1) is 35.4. The molecule has 0 aromatic rings. The van der Waals surface area contributed by atoms with Gasteiger partial charge < -0.3 is 0 Å². The van der Waals surface area contributed by atoms with Crippen molar-refractivity contribution in [1.82, 2.24) is 0 Å². The zero-order chi connectivity index (χ0) is 0. The Labute approximate surface area is 124 Å². The Balaban J connectivity index is 0. The summed E-state index contributed by atoms with van der Waals surface area (Å²) >= 11 is 0. The number of rotatable bonds is 0. The second-order valence-corrected chi connectivity index (χ2v) is 0. The second-order valence-electron chi connectivity index (χ2n) is 0. The van der Waals surface area contributed by atoms with Gasteiger partial charge in [0.1, 0.15) is 0 Å². The van der Waals surface area contributed by atoms with E-state index in [2.05, 4.69) is 0 Å². The Hall–Kier alpha value is 4.12. The SMILES string of the molecule is [AlH3].[MgH2].[SrH2].[Ti].[Zn]. The van der Waals surface area contributed by atoms with Crippen LogP contribution in [0, 0.1) is 0 Å². The third-order valence-electron chi connectivity index (χ3n) is 0. The van der Waals surface area contributed by atoms with Crippen molar-refractivity contribution in [3.8, 4) is 0 Å². The van der Waals surface area contributed by atoms with Gasteiger partial charge in [-0.25, -0.2) is 0 Å². The van der Waals surface area contributed by atoms with Gasteiger partial charge in [-0.05, 0) is 0 Å². The molecule has 0 radical (unpaired) electrons. The predicted octanol–water partition coefficient (Wildman–Crippen LogP) is -3.02. The molecule has 0 heterocycles. The molecule has 0 atom stereocenters. The first-order chi connectivity index (χ1) is 0. The molecule has 0 aromatic carbocycles. The minimum absolute atomic E-state index is 0. The van der Waals surface area contributed by atoms with Crippen molar-refractivity contribution in [1.29, 1.82) is 0 Å². The van der Waals surface area contributed by atoms with Crippen LogP contribution in [0.4, 0.5) is 0 Å². The van der Waals surface area contributed by atoms with Gasteiger partial charge in [0.25, 0.3) is 0 Å². The Morgan fingerprint density at radius 1 is 1.00 bits per heavy atom. The van der Waals surface area contributed by atoms with Crippen LogP contribution in [-0.2, 0) is 41.2 Å². The number of hydrogen-bond acceptors (Lipinski definition) is 0. The van der Waals surface area contributed by atoms with Crippen LogP contribution in [-0.4, -0.2) is 85.9 Å². The van der Waals surface area contributed by atoms with E-state index in [0.29, 0.717) is 0 Å². The van der Waals surface area contributed by atoms with Crippen LogP contribution in [0.25, 0.3) is 0 Å². The summed E-state index contributed by atoms with van der Waals surface area (Å²) in [5.74, 6) is 0. The van der Waals surface area contributed by atoms with E-state index in [1.807, 2.05) is 0 Å². The van der Waals surface area contributed by atoms with Crippen LogP contribution in [0.5, 0.6) is 0 Å². The van der Waals surface area contributed by atoms with Crippen molar-refractivity contribution in [2.75, 3.05) is 0 Å². The minimum atomic E-state index is 0. The third-order valence-corrected chi connectivity index (χ3v) is 0. The molecule has 0 amide bonds. The molecule has 0 aliphatic carbocycles. The van der Waals surface area contributed by atoms with E-state index >= 15 is 0 Å². The molecular weight excluding hydrogens is 252 g/mol. The van der Waals surface area contributed by atoms with Crippen LogP contribution in [0.15, 0.2) is 0 Å². The summed E-state index contributed by atoms with van der Waals surface area (Å²) < 4.78 is 0. The van der Waals surface area contributed by atoms with Gasteiger partial charge in [0, 0.05) is 41.2 Å². The van der Waals surface area contributed by atoms with E-state index in [1.54, 1.807) is 0 Å². The first-order valence-electron chi connectivity index (χ1n) is 0. The maximum Gasteiger partial charge on any atom is 0 e.